The summed E-state index contributed by atoms with van der Waals surface area (Å²) < 4.78 is 16.6. The molecule has 0 radical (unpaired) electrons. The number of ether oxygens (including phenoxy) is 3. The van der Waals surface area contributed by atoms with Gasteiger partial charge in [0.05, 0.1) is 19.4 Å². The minimum Gasteiger partial charge on any atom is -0.497 e. The number of esters is 1. The van der Waals surface area contributed by atoms with Crippen molar-refractivity contribution < 1.29 is 23.8 Å². The number of hydrogen-bond acceptors (Lipinski definition) is 5. The van der Waals surface area contributed by atoms with Gasteiger partial charge in [-0.25, -0.2) is 4.79 Å². The number of cyclic esters (lactones) is 1. The van der Waals surface area contributed by atoms with E-state index >= 15 is 0 Å². The van der Waals surface area contributed by atoms with Crippen molar-refractivity contribution in [3.05, 3.63) is 72.4 Å². The number of amides is 1. The predicted molar refractivity (Wildman–Crippen MR) is 156 cm³/mol. The van der Waals surface area contributed by atoms with Crippen molar-refractivity contribution in [3.63, 3.8) is 0 Å². The van der Waals surface area contributed by atoms with Gasteiger partial charge in [-0.2, -0.15) is 0 Å². The van der Waals surface area contributed by atoms with Crippen LogP contribution in [0.4, 0.5) is 10.5 Å². The average Bonchev–Trinajstić information content (AvgIpc) is 3.09. The number of allylic oxidation sites excluding steroid dienone is 1. The first-order valence-corrected chi connectivity index (χ1v) is 14.3. The Morgan fingerprint density at radius 1 is 1.08 bits per heavy atom. The monoisotopic (exact) mass is 535 g/mol. The van der Waals surface area contributed by atoms with Crippen molar-refractivity contribution in [1.29, 1.82) is 0 Å². The fourth-order valence-corrected chi connectivity index (χ4v) is 5.23. The second-order valence-electron chi connectivity index (χ2n) is 11.3. The highest BCUT2D eigenvalue weighted by molar-refractivity contribution is 5.90. The molecule has 212 valence electrons. The molecule has 1 saturated heterocycles. The van der Waals surface area contributed by atoms with Crippen LogP contribution in [0.3, 0.4) is 0 Å². The molecule has 0 aliphatic carbocycles. The molecule has 0 aromatic heterocycles. The van der Waals surface area contributed by atoms with Crippen molar-refractivity contribution >= 4 is 17.7 Å². The number of carbonyl (C=O) groups is 2. The van der Waals surface area contributed by atoms with E-state index in [1.54, 1.807) is 13.3 Å². The summed E-state index contributed by atoms with van der Waals surface area (Å²) in [6.07, 6.45) is 10.4. The molecule has 6 nitrogen and oxygen atoms in total. The molecule has 1 aliphatic heterocycles. The molecule has 1 fully saturated rings. The normalized spacial score (nSPS) is 18.7. The van der Waals surface area contributed by atoms with Crippen LogP contribution in [0.2, 0.25) is 0 Å². The lowest BCUT2D eigenvalue weighted by Crippen LogP contribution is -2.34. The number of benzene rings is 2. The van der Waals surface area contributed by atoms with Gasteiger partial charge in [-0.1, -0.05) is 75.4 Å². The largest absolute Gasteiger partial charge is 0.497 e. The lowest BCUT2D eigenvalue weighted by Gasteiger charge is -2.31. The maximum Gasteiger partial charge on any atom is 0.418 e. The molecule has 1 amide bonds. The number of carbonyl (C=O) groups excluding carboxylic acids is 2. The third-order valence-electron chi connectivity index (χ3n) is 7.22. The van der Waals surface area contributed by atoms with Crippen LogP contribution in [0, 0.1) is 11.8 Å². The molecular formula is C33H45NO5. The molecule has 39 heavy (non-hydrogen) atoms. The van der Waals surface area contributed by atoms with Gasteiger partial charge in [0, 0.05) is 18.5 Å². The van der Waals surface area contributed by atoms with E-state index in [-0.39, 0.29) is 17.8 Å². The van der Waals surface area contributed by atoms with Crippen LogP contribution in [0.1, 0.15) is 84.1 Å². The van der Waals surface area contributed by atoms with Crippen molar-refractivity contribution in [2.24, 2.45) is 11.8 Å². The van der Waals surface area contributed by atoms with Gasteiger partial charge in [-0.05, 0) is 68.9 Å². The third-order valence-corrected chi connectivity index (χ3v) is 7.22. The molecule has 0 N–H and O–H groups in total. The van der Waals surface area contributed by atoms with Crippen LogP contribution in [-0.2, 0) is 14.3 Å². The molecule has 3 rings (SSSR count). The van der Waals surface area contributed by atoms with Crippen molar-refractivity contribution in [3.8, 4) is 5.75 Å². The zero-order valence-electron chi connectivity index (χ0n) is 24.2. The fourth-order valence-electron chi connectivity index (χ4n) is 5.23. The lowest BCUT2D eigenvalue weighted by atomic mass is 9.73. The summed E-state index contributed by atoms with van der Waals surface area (Å²) in [5.74, 6) is 0.897. The van der Waals surface area contributed by atoms with E-state index in [9.17, 15) is 9.59 Å². The number of nitrogens with zero attached hydrogens (tertiary/aromatic N) is 1. The minimum absolute atomic E-state index is 0.0663. The zero-order valence-corrected chi connectivity index (χ0v) is 24.2. The first kappa shape index (κ1) is 30.3. The number of hydrogen-bond donors (Lipinski definition) is 0. The zero-order chi connectivity index (χ0) is 28.3. The van der Waals surface area contributed by atoms with Gasteiger partial charge in [0.15, 0.2) is 0 Å². The molecule has 0 spiro atoms. The average molecular weight is 536 g/mol. The minimum atomic E-state index is -0.650. The number of methoxy groups -OCH3 is 1. The molecule has 0 saturated carbocycles. The molecule has 2 aromatic rings. The van der Waals surface area contributed by atoms with E-state index in [0.717, 1.165) is 24.8 Å². The first-order valence-electron chi connectivity index (χ1n) is 14.3. The molecule has 0 unspecified atom stereocenters. The van der Waals surface area contributed by atoms with Crippen LogP contribution in [0.5, 0.6) is 5.75 Å². The maximum absolute atomic E-state index is 13.4. The lowest BCUT2D eigenvalue weighted by molar-refractivity contribution is -0.143. The van der Waals surface area contributed by atoms with Gasteiger partial charge in [0.25, 0.3) is 0 Å². The van der Waals surface area contributed by atoms with Gasteiger partial charge in [-0.15, -0.1) is 0 Å². The summed E-state index contributed by atoms with van der Waals surface area (Å²) in [4.78, 5) is 27.6. The molecule has 1 aliphatic rings. The van der Waals surface area contributed by atoms with E-state index in [0.29, 0.717) is 30.4 Å². The molecule has 2 aromatic carbocycles. The molecule has 1 heterocycles. The van der Waals surface area contributed by atoms with Gasteiger partial charge in [0.2, 0.25) is 0 Å². The molecule has 6 heteroatoms. The maximum atomic E-state index is 13.4. The number of unbranched alkanes of at least 4 members (excludes halogenated alkanes) is 3. The summed E-state index contributed by atoms with van der Waals surface area (Å²) in [6.45, 7) is 8.25. The summed E-state index contributed by atoms with van der Waals surface area (Å²) in [5, 5.41) is 0. The predicted octanol–water partition coefficient (Wildman–Crippen LogP) is 8.27. The van der Waals surface area contributed by atoms with Crippen LogP contribution in [0.15, 0.2) is 66.9 Å². The molecule has 0 bridgehead atoms. The number of rotatable bonds is 11. The Morgan fingerprint density at radius 2 is 1.79 bits per heavy atom. The SMILES string of the molecule is CCCCCC[C@H]1CCOC(=O)C[C@@H]1[C@H](/C=C\N(C(=O)OC(C)(C)C)c1ccc(OC)cc1)c1ccccc1. The smallest absolute Gasteiger partial charge is 0.418 e. The quantitative estimate of drug-likeness (QED) is 0.214. The summed E-state index contributed by atoms with van der Waals surface area (Å²) in [5.41, 5.74) is 1.14. The summed E-state index contributed by atoms with van der Waals surface area (Å²) >= 11 is 0. The van der Waals surface area contributed by atoms with Gasteiger partial charge in [-0.3, -0.25) is 9.69 Å². The van der Waals surface area contributed by atoms with Crippen molar-refractivity contribution in [1.82, 2.24) is 0 Å². The van der Waals surface area contributed by atoms with E-state index in [4.69, 9.17) is 14.2 Å². The molecular weight excluding hydrogens is 490 g/mol. The van der Waals surface area contributed by atoms with E-state index in [1.165, 1.54) is 24.2 Å². The van der Waals surface area contributed by atoms with Crippen LogP contribution in [-0.4, -0.2) is 31.4 Å². The Balaban J connectivity index is 1.99. The summed E-state index contributed by atoms with van der Waals surface area (Å²) in [6, 6.07) is 17.6. The second-order valence-corrected chi connectivity index (χ2v) is 11.3. The topological polar surface area (TPSA) is 65.1 Å². The number of anilines is 1. The highest BCUT2D eigenvalue weighted by atomic mass is 16.6. The highest BCUT2D eigenvalue weighted by Gasteiger charge is 2.34. The highest BCUT2D eigenvalue weighted by Crippen LogP contribution is 2.40. The Morgan fingerprint density at radius 3 is 2.44 bits per heavy atom. The van der Waals surface area contributed by atoms with Crippen LogP contribution < -0.4 is 9.64 Å². The standard InChI is InChI=1S/C33H45NO5/c1-6-7-8-10-15-26-21-23-38-31(35)24-30(26)29(25-13-11-9-12-14-25)20-22-34(32(36)39-33(2,3)4)27-16-18-28(37-5)19-17-27/h9,11-14,16-20,22,26,29-30H,6-8,10,15,21,23-24H2,1-5H3/b22-20-/t26-,29+,30-/m0/s1. The van der Waals surface area contributed by atoms with E-state index in [2.05, 4.69) is 25.1 Å². The van der Waals surface area contributed by atoms with Crippen LogP contribution >= 0.6 is 0 Å². The van der Waals surface area contributed by atoms with Crippen LogP contribution in [0.25, 0.3) is 0 Å². The fraction of sp³-hybridized carbons (Fsp3) is 0.515. The Kier molecular flexibility index (Phi) is 11.5. The Hall–Kier alpha value is -3.28. The first-order chi connectivity index (χ1) is 18.7. The van der Waals surface area contributed by atoms with Gasteiger partial charge in [0.1, 0.15) is 11.4 Å². The van der Waals surface area contributed by atoms with Crippen molar-refractivity contribution in [2.75, 3.05) is 18.6 Å². The summed E-state index contributed by atoms with van der Waals surface area (Å²) in [7, 11) is 1.61. The molecule has 3 atom stereocenters. The second kappa shape index (κ2) is 14.8. The van der Waals surface area contributed by atoms with Gasteiger partial charge < -0.3 is 14.2 Å². The van der Waals surface area contributed by atoms with Crippen molar-refractivity contribution in [2.45, 2.75) is 84.2 Å². The van der Waals surface area contributed by atoms with Gasteiger partial charge >= 0.3 is 12.1 Å². The Labute approximate surface area is 234 Å². The van der Waals surface area contributed by atoms with E-state index in [1.807, 2.05) is 63.2 Å². The third kappa shape index (κ3) is 9.45. The Bertz CT molecular complexity index is 1060. The van der Waals surface area contributed by atoms with E-state index < -0.39 is 11.7 Å².